The Bertz CT molecular complexity index is 1280. The number of carbonyl (C=O) groups is 1. The second-order valence-electron chi connectivity index (χ2n) is 6.81. The van der Waals surface area contributed by atoms with Gasteiger partial charge in [-0.2, -0.15) is 4.31 Å². The number of thioether (sulfide) groups is 1. The van der Waals surface area contributed by atoms with Gasteiger partial charge in [0, 0.05) is 30.1 Å². The molecule has 1 amide bonds. The van der Waals surface area contributed by atoms with Crippen LogP contribution in [-0.4, -0.2) is 61.2 Å². The number of ether oxygens (including phenoxy) is 1. The van der Waals surface area contributed by atoms with Crippen LogP contribution in [0.1, 0.15) is 10.4 Å². The number of morpholine rings is 1. The van der Waals surface area contributed by atoms with Gasteiger partial charge < -0.3 is 15.0 Å². The van der Waals surface area contributed by atoms with Gasteiger partial charge in [-0.3, -0.25) is 9.59 Å². The lowest BCUT2D eigenvalue weighted by atomic mass is 10.1. The van der Waals surface area contributed by atoms with E-state index in [0.29, 0.717) is 29.8 Å². The van der Waals surface area contributed by atoms with Crippen LogP contribution in [0.5, 0.6) is 0 Å². The van der Waals surface area contributed by atoms with E-state index >= 15 is 0 Å². The van der Waals surface area contributed by atoms with Crippen LogP contribution in [0.25, 0.3) is 10.9 Å². The zero-order valence-electron chi connectivity index (χ0n) is 16.6. The second-order valence-corrected chi connectivity index (χ2v) is 9.58. The molecule has 3 aromatic rings. The van der Waals surface area contributed by atoms with Gasteiger partial charge >= 0.3 is 0 Å². The molecular formula is C20H20N4O5S2. The third-order valence-corrected chi connectivity index (χ3v) is 7.42. The first-order valence-corrected chi connectivity index (χ1v) is 12.1. The highest BCUT2D eigenvalue weighted by Gasteiger charge is 2.27. The van der Waals surface area contributed by atoms with Crippen LogP contribution < -0.4 is 10.9 Å². The molecule has 31 heavy (non-hydrogen) atoms. The summed E-state index contributed by atoms with van der Waals surface area (Å²) >= 11 is 1.47. The zero-order valence-corrected chi connectivity index (χ0v) is 18.3. The summed E-state index contributed by atoms with van der Waals surface area (Å²) in [6.07, 6.45) is 3.42. The number of rotatable bonds is 5. The number of H-pyrrole nitrogens is 1. The Hall–Kier alpha value is -2.73. The fourth-order valence-corrected chi connectivity index (χ4v) is 5.09. The number of carbonyl (C=O) groups excluding carboxylic acids is 1. The van der Waals surface area contributed by atoms with Crippen molar-refractivity contribution in [1.82, 2.24) is 14.3 Å². The zero-order chi connectivity index (χ0) is 22.0. The van der Waals surface area contributed by atoms with Crippen molar-refractivity contribution in [3.8, 4) is 0 Å². The third-order valence-electron chi connectivity index (χ3n) is 4.87. The van der Waals surface area contributed by atoms with Crippen LogP contribution in [-0.2, 0) is 14.8 Å². The molecule has 3 heterocycles. The van der Waals surface area contributed by atoms with Crippen molar-refractivity contribution in [2.24, 2.45) is 0 Å². The molecule has 0 bridgehead atoms. The molecule has 1 aromatic carbocycles. The van der Waals surface area contributed by atoms with E-state index < -0.39 is 21.5 Å². The number of aromatic nitrogens is 2. The monoisotopic (exact) mass is 460 g/mol. The highest BCUT2D eigenvalue weighted by atomic mass is 32.2. The van der Waals surface area contributed by atoms with E-state index in [1.54, 1.807) is 12.1 Å². The maximum atomic E-state index is 13.0. The standard InChI is InChI=1S/C20H20N4O5S2/c1-30-19-5-2-13(12-21-19)22-20(26)16-11-18(25)23-17-4-3-14(10-15(16)17)31(27,28)24-6-8-29-9-7-24/h2-5,10-12H,6-9H2,1H3,(H,22,26)(H,23,25). The average Bonchev–Trinajstić information content (AvgIpc) is 2.79. The third kappa shape index (κ3) is 4.49. The number of hydrogen-bond donors (Lipinski definition) is 2. The van der Waals surface area contributed by atoms with E-state index in [1.807, 2.05) is 6.26 Å². The molecule has 0 saturated carbocycles. The lowest BCUT2D eigenvalue weighted by Crippen LogP contribution is -2.40. The Balaban J connectivity index is 1.73. The number of aromatic amines is 1. The quantitative estimate of drug-likeness (QED) is 0.558. The summed E-state index contributed by atoms with van der Waals surface area (Å²) in [5.41, 5.74) is 0.451. The van der Waals surface area contributed by atoms with Gasteiger partial charge in [-0.25, -0.2) is 13.4 Å². The lowest BCUT2D eigenvalue weighted by molar-refractivity contribution is 0.0730. The Labute approximate surface area is 182 Å². The van der Waals surface area contributed by atoms with E-state index in [9.17, 15) is 18.0 Å². The van der Waals surface area contributed by atoms with Crippen LogP contribution in [0.15, 0.2) is 57.3 Å². The SMILES string of the molecule is CSc1ccc(NC(=O)c2cc(=O)[nH]c3ccc(S(=O)(=O)N4CCOCC4)cc23)cn1. The van der Waals surface area contributed by atoms with Crippen molar-refractivity contribution in [2.45, 2.75) is 9.92 Å². The van der Waals surface area contributed by atoms with Crippen LogP contribution in [0.2, 0.25) is 0 Å². The first-order chi connectivity index (χ1) is 14.9. The number of nitrogens with one attached hydrogen (secondary N) is 2. The number of benzene rings is 1. The number of nitrogens with zero attached hydrogens (tertiary/aromatic N) is 2. The summed E-state index contributed by atoms with van der Waals surface area (Å²) in [4.78, 5) is 31.9. The maximum Gasteiger partial charge on any atom is 0.256 e. The molecule has 0 atom stereocenters. The summed E-state index contributed by atoms with van der Waals surface area (Å²) in [6.45, 7) is 1.19. The molecule has 1 aliphatic rings. The first kappa shape index (κ1) is 21.5. The van der Waals surface area contributed by atoms with Crippen molar-refractivity contribution in [3.05, 3.63) is 58.5 Å². The fourth-order valence-electron chi connectivity index (χ4n) is 3.29. The highest BCUT2D eigenvalue weighted by molar-refractivity contribution is 7.98. The fraction of sp³-hybridized carbons (Fsp3) is 0.250. The molecule has 2 N–H and O–H groups in total. The molecule has 0 spiro atoms. The van der Waals surface area contributed by atoms with Crippen LogP contribution in [0, 0.1) is 0 Å². The van der Waals surface area contributed by atoms with E-state index in [1.165, 1.54) is 40.5 Å². The summed E-state index contributed by atoms with van der Waals surface area (Å²) in [7, 11) is -3.76. The minimum Gasteiger partial charge on any atom is -0.379 e. The van der Waals surface area contributed by atoms with Crippen molar-refractivity contribution in [3.63, 3.8) is 0 Å². The van der Waals surface area contributed by atoms with Gasteiger partial charge in [0.1, 0.15) is 0 Å². The number of pyridine rings is 2. The maximum absolute atomic E-state index is 13.0. The minimum atomic E-state index is -3.76. The molecule has 0 unspecified atom stereocenters. The minimum absolute atomic E-state index is 0.0500. The number of sulfonamides is 1. The molecule has 1 aliphatic heterocycles. The van der Waals surface area contributed by atoms with E-state index in [-0.39, 0.29) is 23.5 Å². The van der Waals surface area contributed by atoms with Crippen molar-refractivity contribution in [1.29, 1.82) is 0 Å². The van der Waals surface area contributed by atoms with Crippen LogP contribution >= 0.6 is 11.8 Å². The van der Waals surface area contributed by atoms with Crippen molar-refractivity contribution >= 4 is 44.3 Å². The summed E-state index contributed by atoms with van der Waals surface area (Å²) in [6, 6.07) is 8.97. The van der Waals surface area contributed by atoms with Gasteiger partial charge in [-0.1, -0.05) is 0 Å². The van der Waals surface area contributed by atoms with Crippen LogP contribution in [0.3, 0.4) is 0 Å². The van der Waals surface area contributed by atoms with E-state index in [4.69, 9.17) is 4.74 Å². The second kappa shape index (κ2) is 8.79. The molecule has 0 aliphatic carbocycles. The smallest absolute Gasteiger partial charge is 0.256 e. The van der Waals surface area contributed by atoms with Gasteiger partial charge in [-0.05, 0) is 36.6 Å². The largest absolute Gasteiger partial charge is 0.379 e. The molecule has 1 fully saturated rings. The molecule has 2 aromatic heterocycles. The number of amides is 1. The molecule has 11 heteroatoms. The highest BCUT2D eigenvalue weighted by Crippen LogP contribution is 2.24. The van der Waals surface area contributed by atoms with Crippen molar-refractivity contribution in [2.75, 3.05) is 37.9 Å². The average molecular weight is 461 g/mol. The number of fused-ring (bicyclic) bond motifs is 1. The Morgan fingerprint density at radius 2 is 1.97 bits per heavy atom. The predicted octanol–water partition coefficient (Wildman–Crippen LogP) is 1.92. The topological polar surface area (TPSA) is 121 Å². The molecule has 1 saturated heterocycles. The van der Waals surface area contributed by atoms with Gasteiger partial charge in [-0.15, -0.1) is 11.8 Å². The van der Waals surface area contributed by atoms with Gasteiger partial charge in [0.2, 0.25) is 15.6 Å². The molecule has 0 radical (unpaired) electrons. The summed E-state index contributed by atoms with van der Waals surface area (Å²) in [5, 5.41) is 3.85. The van der Waals surface area contributed by atoms with Gasteiger partial charge in [0.05, 0.1) is 40.6 Å². The van der Waals surface area contributed by atoms with Crippen molar-refractivity contribution < 1.29 is 17.9 Å². The lowest BCUT2D eigenvalue weighted by Gasteiger charge is -2.26. The number of anilines is 1. The predicted molar refractivity (Wildman–Crippen MR) is 118 cm³/mol. The van der Waals surface area contributed by atoms with Gasteiger partial charge in [0.25, 0.3) is 5.91 Å². The van der Waals surface area contributed by atoms with Crippen LogP contribution in [0.4, 0.5) is 5.69 Å². The van der Waals surface area contributed by atoms with E-state index in [0.717, 1.165) is 11.1 Å². The Morgan fingerprint density at radius 1 is 1.19 bits per heavy atom. The molecule has 9 nitrogen and oxygen atoms in total. The van der Waals surface area contributed by atoms with Gasteiger partial charge in [0.15, 0.2) is 0 Å². The molecule has 162 valence electrons. The van der Waals surface area contributed by atoms with E-state index in [2.05, 4.69) is 15.3 Å². The first-order valence-electron chi connectivity index (χ1n) is 9.45. The summed E-state index contributed by atoms with van der Waals surface area (Å²) < 4.78 is 32.6. The Kier molecular flexibility index (Phi) is 6.10. The summed E-state index contributed by atoms with van der Waals surface area (Å²) in [5.74, 6) is -0.532. The molecular weight excluding hydrogens is 440 g/mol. The Morgan fingerprint density at radius 3 is 2.65 bits per heavy atom. The molecule has 4 rings (SSSR count). The normalized spacial score (nSPS) is 15.1. The number of hydrogen-bond acceptors (Lipinski definition) is 7.